The molecule has 2 N–H and O–H groups in total. The quantitative estimate of drug-likeness (QED) is 0.599. The summed E-state index contributed by atoms with van der Waals surface area (Å²) in [6, 6.07) is 0.465. The van der Waals surface area contributed by atoms with Crippen molar-refractivity contribution < 1.29 is 0 Å². The molecular weight excluding hydrogens is 134 g/mol. The van der Waals surface area contributed by atoms with E-state index in [1.807, 2.05) is 0 Å². The Labute approximate surface area is 62.4 Å². The van der Waals surface area contributed by atoms with Crippen LogP contribution in [-0.4, -0.2) is 6.04 Å². The average Bonchev–Trinajstić information content (AvgIpc) is 1.16. The minimum absolute atomic E-state index is 0. The first-order chi connectivity index (χ1) is 3.73. The van der Waals surface area contributed by atoms with E-state index in [0.29, 0.717) is 11.5 Å². The van der Waals surface area contributed by atoms with Crippen molar-refractivity contribution in [3.05, 3.63) is 0 Å². The topological polar surface area (TPSA) is 26.0 Å². The van der Waals surface area contributed by atoms with Gasteiger partial charge in [-0.3, -0.25) is 0 Å². The van der Waals surface area contributed by atoms with Crippen LogP contribution < -0.4 is 5.73 Å². The lowest BCUT2D eigenvalue weighted by atomic mass is 9.42. The van der Waals surface area contributed by atoms with Crippen molar-refractivity contribution in [2.75, 3.05) is 0 Å². The Morgan fingerprint density at radius 3 is 1.89 bits per heavy atom. The lowest BCUT2D eigenvalue weighted by Gasteiger charge is -2.64. The van der Waals surface area contributed by atoms with Crippen LogP contribution in [0.5, 0.6) is 0 Å². The van der Waals surface area contributed by atoms with Crippen LogP contribution in [-0.2, 0) is 0 Å². The molecule has 0 aromatic rings. The largest absolute Gasteiger partial charge is 0.327 e. The molecule has 3 aliphatic carbocycles. The summed E-state index contributed by atoms with van der Waals surface area (Å²) >= 11 is 0. The third kappa shape index (κ3) is 0.714. The smallest absolute Gasteiger partial charge is 0.00673 e. The van der Waals surface area contributed by atoms with Gasteiger partial charge in [0, 0.05) is 6.04 Å². The van der Waals surface area contributed by atoms with Gasteiger partial charge >= 0.3 is 0 Å². The normalized spacial score (nSPS) is 48.0. The predicted octanol–water partition coefficient (Wildman–Crippen LogP) is 1.56. The summed E-state index contributed by atoms with van der Waals surface area (Å²) in [5, 5.41) is 0. The number of hydrogen-bond acceptors (Lipinski definition) is 1. The van der Waals surface area contributed by atoms with Crippen molar-refractivity contribution in [2.45, 2.75) is 32.2 Å². The molecule has 0 spiro atoms. The van der Waals surface area contributed by atoms with Crippen LogP contribution in [0.25, 0.3) is 0 Å². The van der Waals surface area contributed by atoms with Crippen molar-refractivity contribution in [1.82, 2.24) is 0 Å². The van der Waals surface area contributed by atoms with Crippen LogP contribution in [0.15, 0.2) is 0 Å². The summed E-state index contributed by atoms with van der Waals surface area (Å²) in [5.74, 6) is 1.08. The van der Waals surface area contributed by atoms with Crippen LogP contribution >= 0.6 is 12.4 Å². The Morgan fingerprint density at radius 2 is 1.89 bits per heavy atom. The summed E-state index contributed by atoms with van der Waals surface area (Å²) in [7, 11) is 0. The van der Waals surface area contributed by atoms with Crippen molar-refractivity contribution in [1.29, 1.82) is 0 Å². The minimum Gasteiger partial charge on any atom is -0.327 e. The molecule has 3 aliphatic rings. The molecule has 3 saturated carbocycles. The van der Waals surface area contributed by atoms with Crippen LogP contribution in [0, 0.1) is 11.3 Å². The van der Waals surface area contributed by atoms with E-state index in [1.165, 1.54) is 19.3 Å². The zero-order chi connectivity index (χ0) is 5.78. The summed E-state index contributed by atoms with van der Waals surface area (Å²) in [4.78, 5) is 0. The van der Waals surface area contributed by atoms with Gasteiger partial charge in [0.15, 0.2) is 0 Å². The van der Waals surface area contributed by atoms with Gasteiger partial charge in [-0.1, -0.05) is 0 Å². The van der Waals surface area contributed by atoms with E-state index in [2.05, 4.69) is 6.92 Å². The number of halogens is 1. The van der Waals surface area contributed by atoms with Gasteiger partial charge in [-0.2, -0.15) is 0 Å². The zero-order valence-electron chi connectivity index (χ0n) is 5.76. The first-order valence-corrected chi connectivity index (χ1v) is 3.48. The van der Waals surface area contributed by atoms with Gasteiger partial charge in [0.1, 0.15) is 0 Å². The van der Waals surface area contributed by atoms with Gasteiger partial charge in [-0.25, -0.2) is 0 Å². The molecule has 0 heterocycles. The highest BCUT2D eigenvalue weighted by atomic mass is 35.5. The third-order valence-corrected chi connectivity index (χ3v) is 3.05. The molecule has 2 bridgehead atoms. The molecular formula is C7H14ClN. The SMILES string of the molecule is CC(N)C12CC(C1)C2.Cl. The maximum absolute atomic E-state index is 5.77. The standard InChI is InChI=1S/C7H13N.ClH/c1-5(8)7-2-6(3-7)4-7;/h5-6H,2-4,8H2,1H3;1H. The molecule has 1 atom stereocenters. The van der Waals surface area contributed by atoms with Crippen LogP contribution in [0.1, 0.15) is 26.2 Å². The van der Waals surface area contributed by atoms with Crippen LogP contribution in [0.2, 0.25) is 0 Å². The predicted molar refractivity (Wildman–Crippen MR) is 40.7 cm³/mol. The summed E-state index contributed by atoms with van der Waals surface area (Å²) < 4.78 is 0. The Kier molecular flexibility index (Phi) is 1.52. The average molecular weight is 148 g/mol. The lowest BCUT2D eigenvalue weighted by molar-refractivity contribution is -0.120. The van der Waals surface area contributed by atoms with Gasteiger partial charge in [0.05, 0.1) is 0 Å². The highest BCUT2D eigenvalue weighted by Crippen LogP contribution is 2.65. The van der Waals surface area contributed by atoms with Gasteiger partial charge in [-0.05, 0) is 37.5 Å². The number of rotatable bonds is 1. The van der Waals surface area contributed by atoms with Gasteiger partial charge in [0.25, 0.3) is 0 Å². The van der Waals surface area contributed by atoms with E-state index in [-0.39, 0.29) is 12.4 Å². The van der Waals surface area contributed by atoms with Gasteiger partial charge in [-0.15, -0.1) is 12.4 Å². The fraction of sp³-hybridized carbons (Fsp3) is 1.00. The van der Waals surface area contributed by atoms with E-state index in [0.717, 1.165) is 5.92 Å². The highest BCUT2D eigenvalue weighted by Gasteiger charge is 2.58. The van der Waals surface area contributed by atoms with E-state index in [1.54, 1.807) is 0 Å². The van der Waals surface area contributed by atoms with Crippen molar-refractivity contribution >= 4 is 12.4 Å². The molecule has 3 rings (SSSR count). The second-order valence-corrected chi connectivity index (χ2v) is 3.63. The lowest BCUT2D eigenvalue weighted by Crippen LogP contribution is -2.60. The van der Waals surface area contributed by atoms with E-state index in [9.17, 15) is 0 Å². The highest BCUT2D eigenvalue weighted by molar-refractivity contribution is 5.85. The Bertz CT molecular complexity index is 105. The molecule has 1 nitrogen and oxygen atoms in total. The fourth-order valence-electron chi connectivity index (χ4n) is 2.10. The first-order valence-electron chi connectivity index (χ1n) is 3.48. The van der Waals surface area contributed by atoms with Gasteiger partial charge < -0.3 is 5.73 Å². The van der Waals surface area contributed by atoms with Crippen molar-refractivity contribution in [3.8, 4) is 0 Å². The Hall–Kier alpha value is 0.250. The molecule has 0 radical (unpaired) electrons. The molecule has 54 valence electrons. The molecule has 3 fully saturated rings. The van der Waals surface area contributed by atoms with Crippen molar-refractivity contribution in [2.24, 2.45) is 17.1 Å². The molecule has 0 saturated heterocycles. The molecule has 2 heteroatoms. The minimum atomic E-state index is 0. The van der Waals surface area contributed by atoms with Crippen LogP contribution in [0.4, 0.5) is 0 Å². The molecule has 9 heavy (non-hydrogen) atoms. The number of hydrogen-bond donors (Lipinski definition) is 1. The zero-order valence-corrected chi connectivity index (χ0v) is 6.58. The van der Waals surface area contributed by atoms with Gasteiger partial charge in [0.2, 0.25) is 0 Å². The molecule has 0 aromatic heterocycles. The Morgan fingerprint density at radius 1 is 1.44 bits per heavy atom. The maximum atomic E-state index is 5.77. The fourth-order valence-corrected chi connectivity index (χ4v) is 2.10. The summed E-state index contributed by atoms with van der Waals surface area (Å²) in [6.07, 6.45) is 4.31. The molecule has 0 aliphatic heterocycles. The molecule has 0 amide bonds. The van der Waals surface area contributed by atoms with E-state index >= 15 is 0 Å². The van der Waals surface area contributed by atoms with E-state index in [4.69, 9.17) is 5.73 Å². The van der Waals surface area contributed by atoms with Crippen molar-refractivity contribution in [3.63, 3.8) is 0 Å². The summed E-state index contributed by atoms with van der Waals surface area (Å²) in [5.41, 5.74) is 6.41. The monoisotopic (exact) mass is 147 g/mol. The summed E-state index contributed by atoms with van der Waals surface area (Å²) in [6.45, 7) is 2.15. The second kappa shape index (κ2) is 1.86. The Balaban J connectivity index is 0.000000405. The third-order valence-electron chi connectivity index (χ3n) is 3.05. The first kappa shape index (κ1) is 7.36. The maximum Gasteiger partial charge on any atom is 0.00673 e. The molecule has 0 aromatic carbocycles. The second-order valence-electron chi connectivity index (χ2n) is 3.63. The number of nitrogens with two attached hydrogens (primary N) is 1. The van der Waals surface area contributed by atoms with E-state index < -0.39 is 0 Å². The molecule has 1 unspecified atom stereocenters. The van der Waals surface area contributed by atoms with Crippen LogP contribution in [0.3, 0.4) is 0 Å².